The third kappa shape index (κ3) is 4.04. The second kappa shape index (κ2) is 5.95. The van der Waals surface area contributed by atoms with Gasteiger partial charge in [-0.05, 0) is 0 Å². The molecule has 0 amide bonds. The Hall–Kier alpha value is -0.650. The molecule has 0 aromatic carbocycles. The molecule has 0 bridgehead atoms. The van der Waals surface area contributed by atoms with E-state index in [0.717, 1.165) is 32.7 Å². The number of carboxylic acid groups (broad SMARTS) is 1. The molecule has 0 atom stereocenters. The number of nitrogens with zero attached hydrogens (tertiary/aromatic N) is 2. The van der Waals surface area contributed by atoms with Gasteiger partial charge in [0.15, 0.2) is 0 Å². The molecule has 1 rings (SSSR count). The minimum atomic E-state index is -0.734. The largest absolute Gasteiger partial charge is 0.481 e. The van der Waals surface area contributed by atoms with Gasteiger partial charge in [0, 0.05) is 39.3 Å². The summed E-state index contributed by atoms with van der Waals surface area (Å²) in [4.78, 5) is 14.7. The minimum Gasteiger partial charge on any atom is -0.481 e. The summed E-state index contributed by atoms with van der Waals surface area (Å²) in [5.41, 5.74) is 0. The first-order chi connectivity index (χ1) is 6.72. The Labute approximate surface area is 83.9 Å². The molecule has 0 saturated carbocycles. The molecule has 1 aliphatic heterocycles. The number of aliphatic carboxylic acids is 1. The van der Waals surface area contributed by atoms with Gasteiger partial charge in [-0.25, -0.2) is 0 Å². The maximum absolute atomic E-state index is 10.3. The average molecular weight is 202 g/mol. The van der Waals surface area contributed by atoms with Crippen molar-refractivity contribution >= 4 is 5.97 Å². The van der Waals surface area contributed by atoms with E-state index in [2.05, 4.69) is 9.80 Å². The summed E-state index contributed by atoms with van der Waals surface area (Å²) in [6.07, 6.45) is 0.222. The van der Waals surface area contributed by atoms with Gasteiger partial charge in [0.2, 0.25) is 0 Å². The lowest BCUT2D eigenvalue weighted by Gasteiger charge is -2.33. The van der Waals surface area contributed by atoms with E-state index in [9.17, 15) is 4.79 Å². The topological polar surface area (TPSA) is 64.0 Å². The van der Waals surface area contributed by atoms with Crippen LogP contribution in [0.3, 0.4) is 0 Å². The fourth-order valence-electron chi connectivity index (χ4n) is 1.63. The number of aliphatic hydroxyl groups excluding tert-OH is 1. The van der Waals surface area contributed by atoms with E-state index in [1.807, 2.05) is 0 Å². The molecule has 0 aromatic rings. The van der Waals surface area contributed by atoms with Crippen molar-refractivity contribution in [2.75, 3.05) is 45.9 Å². The fraction of sp³-hybridized carbons (Fsp3) is 0.889. The van der Waals surface area contributed by atoms with Crippen LogP contribution in [0.2, 0.25) is 0 Å². The van der Waals surface area contributed by atoms with Crippen LogP contribution in [0.1, 0.15) is 6.42 Å². The van der Waals surface area contributed by atoms with Crippen LogP contribution in [0, 0.1) is 0 Å². The molecule has 0 radical (unpaired) electrons. The molecule has 1 heterocycles. The van der Waals surface area contributed by atoms with Crippen LogP contribution in [0.4, 0.5) is 0 Å². The highest BCUT2D eigenvalue weighted by molar-refractivity contribution is 5.66. The van der Waals surface area contributed by atoms with E-state index in [-0.39, 0.29) is 13.0 Å². The van der Waals surface area contributed by atoms with Gasteiger partial charge in [0.05, 0.1) is 13.0 Å². The molecule has 1 aliphatic rings. The van der Waals surface area contributed by atoms with Crippen molar-refractivity contribution in [1.29, 1.82) is 0 Å². The SMILES string of the molecule is O=C(O)CCN1CCN(CCO)CC1. The second-order valence-corrected chi connectivity index (χ2v) is 3.55. The number of rotatable bonds is 5. The summed E-state index contributed by atoms with van der Waals surface area (Å²) in [6, 6.07) is 0. The minimum absolute atomic E-state index is 0.203. The molecule has 1 fully saturated rings. The first-order valence-corrected chi connectivity index (χ1v) is 4.99. The summed E-state index contributed by atoms with van der Waals surface area (Å²) in [5, 5.41) is 17.2. The molecule has 0 spiro atoms. The second-order valence-electron chi connectivity index (χ2n) is 3.55. The van der Waals surface area contributed by atoms with Crippen LogP contribution in [-0.2, 0) is 4.79 Å². The van der Waals surface area contributed by atoms with Crippen LogP contribution < -0.4 is 0 Å². The van der Waals surface area contributed by atoms with Crippen LogP contribution in [0.25, 0.3) is 0 Å². The maximum atomic E-state index is 10.3. The number of β-amino-alcohol motifs (C(OH)–C–C–N with tert-alkyl or cyclic N) is 1. The molecule has 0 aromatic heterocycles. The van der Waals surface area contributed by atoms with Gasteiger partial charge in [-0.3, -0.25) is 9.69 Å². The lowest BCUT2D eigenvalue weighted by Crippen LogP contribution is -2.47. The first kappa shape index (κ1) is 11.4. The third-order valence-corrected chi connectivity index (χ3v) is 2.52. The maximum Gasteiger partial charge on any atom is 0.304 e. The molecule has 5 heteroatoms. The highest BCUT2D eigenvalue weighted by atomic mass is 16.4. The van der Waals surface area contributed by atoms with E-state index in [0.29, 0.717) is 6.54 Å². The summed E-state index contributed by atoms with van der Waals surface area (Å²) in [5.74, 6) is -0.734. The number of carbonyl (C=O) groups is 1. The highest BCUT2D eigenvalue weighted by Gasteiger charge is 2.16. The van der Waals surface area contributed by atoms with Crippen LogP contribution in [0.15, 0.2) is 0 Å². The van der Waals surface area contributed by atoms with Crippen molar-refractivity contribution in [2.45, 2.75) is 6.42 Å². The van der Waals surface area contributed by atoms with Gasteiger partial charge < -0.3 is 15.1 Å². The number of aliphatic hydroxyl groups is 1. The lowest BCUT2D eigenvalue weighted by atomic mass is 10.3. The predicted molar refractivity (Wildman–Crippen MR) is 52.2 cm³/mol. The molecule has 0 unspecified atom stereocenters. The molecule has 5 nitrogen and oxygen atoms in total. The summed E-state index contributed by atoms with van der Waals surface area (Å²) >= 11 is 0. The van der Waals surface area contributed by atoms with Crippen molar-refractivity contribution in [2.24, 2.45) is 0 Å². The van der Waals surface area contributed by atoms with Crippen molar-refractivity contribution in [3.63, 3.8) is 0 Å². The zero-order chi connectivity index (χ0) is 10.4. The molecule has 0 aliphatic carbocycles. The van der Waals surface area contributed by atoms with Gasteiger partial charge in [-0.2, -0.15) is 0 Å². The van der Waals surface area contributed by atoms with E-state index in [4.69, 9.17) is 10.2 Å². The normalized spacial score (nSPS) is 19.8. The number of hydrogen-bond donors (Lipinski definition) is 2. The van der Waals surface area contributed by atoms with Gasteiger partial charge >= 0.3 is 5.97 Å². The zero-order valence-electron chi connectivity index (χ0n) is 8.35. The quantitative estimate of drug-likeness (QED) is 0.603. The zero-order valence-corrected chi connectivity index (χ0v) is 8.35. The average Bonchev–Trinajstić information content (AvgIpc) is 2.17. The smallest absolute Gasteiger partial charge is 0.304 e. The summed E-state index contributed by atoms with van der Waals surface area (Å²) in [6.45, 7) is 5.26. The van der Waals surface area contributed by atoms with E-state index < -0.39 is 5.97 Å². The van der Waals surface area contributed by atoms with Crippen molar-refractivity contribution < 1.29 is 15.0 Å². The monoisotopic (exact) mass is 202 g/mol. The number of hydrogen-bond acceptors (Lipinski definition) is 4. The molecule has 14 heavy (non-hydrogen) atoms. The Bertz CT molecular complexity index is 179. The standard InChI is InChI=1S/C9H18N2O3/c12-8-7-11-5-3-10(4-6-11)2-1-9(13)14/h12H,1-8H2,(H,13,14). The third-order valence-electron chi connectivity index (χ3n) is 2.52. The van der Waals surface area contributed by atoms with Gasteiger partial charge in [0.1, 0.15) is 0 Å². The molecule has 2 N–H and O–H groups in total. The molecule has 1 saturated heterocycles. The lowest BCUT2D eigenvalue weighted by molar-refractivity contribution is -0.137. The molecule has 82 valence electrons. The van der Waals surface area contributed by atoms with Crippen molar-refractivity contribution in [3.05, 3.63) is 0 Å². The van der Waals surface area contributed by atoms with Gasteiger partial charge in [0.25, 0.3) is 0 Å². The Balaban J connectivity index is 2.12. The Morgan fingerprint density at radius 2 is 1.57 bits per heavy atom. The van der Waals surface area contributed by atoms with E-state index in [1.165, 1.54) is 0 Å². The van der Waals surface area contributed by atoms with Crippen LogP contribution >= 0.6 is 0 Å². The van der Waals surface area contributed by atoms with Gasteiger partial charge in [-0.1, -0.05) is 0 Å². The Morgan fingerprint density at radius 3 is 2.00 bits per heavy atom. The number of piperazine rings is 1. The number of carboxylic acids is 1. The van der Waals surface area contributed by atoms with Crippen LogP contribution in [0.5, 0.6) is 0 Å². The van der Waals surface area contributed by atoms with E-state index >= 15 is 0 Å². The Morgan fingerprint density at radius 1 is 1.07 bits per heavy atom. The summed E-state index contributed by atoms with van der Waals surface area (Å²) < 4.78 is 0. The van der Waals surface area contributed by atoms with Gasteiger partial charge in [-0.15, -0.1) is 0 Å². The first-order valence-electron chi connectivity index (χ1n) is 4.99. The van der Waals surface area contributed by atoms with Crippen molar-refractivity contribution in [1.82, 2.24) is 9.80 Å². The summed E-state index contributed by atoms with van der Waals surface area (Å²) in [7, 11) is 0. The predicted octanol–water partition coefficient (Wildman–Crippen LogP) is -0.929. The Kier molecular flexibility index (Phi) is 4.86. The van der Waals surface area contributed by atoms with Crippen molar-refractivity contribution in [3.8, 4) is 0 Å². The molecular formula is C9H18N2O3. The molecular weight excluding hydrogens is 184 g/mol. The fourth-order valence-corrected chi connectivity index (χ4v) is 1.63. The van der Waals surface area contributed by atoms with Crippen LogP contribution in [-0.4, -0.2) is 71.9 Å². The van der Waals surface area contributed by atoms with E-state index in [1.54, 1.807) is 0 Å². The highest BCUT2D eigenvalue weighted by Crippen LogP contribution is 2.01.